The second-order valence-electron chi connectivity index (χ2n) is 4.40. The monoisotopic (exact) mass is 300 g/mol. The first-order valence-electron chi connectivity index (χ1n) is 6.42. The number of aromatic hydroxyl groups is 2. The average molecular weight is 300 g/mol. The van der Waals surface area contributed by atoms with Crippen LogP contribution in [0, 0.1) is 11.8 Å². The Labute approximate surface area is 128 Å². The van der Waals surface area contributed by atoms with Crippen LogP contribution in [0.15, 0.2) is 30.3 Å². The van der Waals surface area contributed by atoms with Crippen LogP contribution in [0.2, 0.25) is 0 Å². The number of phenols is 2. The molecule has 0 heterocycles. The normalized spacial score (nSPS) is 9.59. The van der Waals surface area contributed by atoms with Gasteiger partial charge in [-0.2, -0.15) is 0 Å². The molecule has 5 heteroatoms. The van der Waals surface area contributed by atoms with Crippen LogP contribution in [0.4, 0.5) is 0 Å². The van der Waals surface area contributed by atoms with Crippen LogP contribution >= 0.6 is 0 Å². The van der Waals surface area contributed by atoms with Gasteiger partial charge in [0.1, 0.15) is 11.5 Å². The molecule has 0 atom stereocenters. The summed E-state index contributed by atoms with van der Waals surface area (Å²) in [6.07, 6.45) is 0. The Balaban J connectivity index is 2.38. The van der Waals surface area contributed by atoms with Crippen molar-refractivity contribution in [3.05, 3.63) is 41.5 Å². The van der Waals surface area contributed by atoms with E-state index >= 15 is 0 Å². The maximum atomic E-state index is 9.74. The van der Waals surface area contributed by atoms with Gasteiger partial charge in [0.25, 0.3) is 0 Å². The van der Waals surface area contributed by atoms with Gasteiger partial charge in [-0.25, -0.2) is 0 Å². The molecule has 0 fully saturated rings. The third-order valence-corrected chi connectivity index (χ3v) is 2.96. The summed E-state index contributed by atoms with van der Waals surface area (Å²) in [5, 5.41) is 19.5. The smallest absolute Gasteiger partial charge is 0.202 e. The van der Waals surface area contributed by atoms with Crippen LogP contribution < -0.4 is 14.2 Å². The van der Waals surface area contributed by atoms with E-state index in [0.717, 1.165) is 0 Å². The summed E-state index contributed by atoms with van der Waals surface area (Å²) >= 11 is 0. The molecule has 2 N–H and O–H groups in total. The van der Waals surface area contributed by atoms with Crippen LogP contribution in [0.25, 0.3) is 0 Å². The van der Waals surface area contributed by atoms with Crippen LogP contribution in [0.5, 0.6) is 28.7 Å². The van der Waals surface area contributed by atoms with Crippen LogP contribution in [-0.2, 0) is 0 Å². The molecule has 114 valence electrons. The van der Waals surface area contributed by atoms with Crippen molar-refractivity contribution < 1.29 is 24.4 Å². The largest absolute Gasteiger partial charge is 0.504 e. The van der Waals surface area contributed by atoms with Gasteiger partial charge in [-0.15, -0.1) is 0 Å². The molecule has 2 rings (SSSR count). The van der Waals surface area contributed by atoms with Crippen molar-refractivity contribution in [3.8, 4) is 40.6 Å². The third-order valence-electron chi connectivity index (χ3n) is 2.96. The van der Waals surface area contributed by atoms with Gasteiger partial charge in [0.15, 0.2) is 11.5 Å². The topological polar surface area (TPSA) is 68.2 Å². The highest BCUT2D eigenvalue weighted by Crippen LogP contribution is 2.36. The number of benzene rings is 2. The number of hydrogen-bond donors (Lipinski definition) is 2. The zero-order valence-corrected chi connectivity index (χ0v) is 12.5. The number of phenolic OH excluding ortho intramolecular Hbond substituents is 2. The van der Waals surface area contributed by atoms with E-state index in [0.29, 0.717) is 22.6 Å². The van der Waals surface area contributed by atoms with E-state index in [1.807, 2.05) is 0 Å². The molecule has 0 aliphatic carbocycles. The SMILES string of the molecule is COc1cc(C#Cc2cc(O)c(OC)c(O)c2)cc(OC)c1. The molecule has 22 heavy (non-hydrogen) atoms. The Kier molecular flexibility index (Phi) is 4.64. The summed E-state index contributed by atoms with van der Waals surface area (Å²) in [6, 6.07) is 8.11. The standard InChI is InChI=1S/C17H16O5/c1-20-13-6-11(7-14(10-13)21-2)4-5-12-8-15(18)17(22-3)16(19)9-12/h6-10,18-19H,1-3H3. The quantitative estimate of drug-likeness (QED) is 0.853. The van der Waals surface area contributed by atoms with Crippen molar-refractivity contribution in [2.75, 3.05) is 21.3 Å². The van der Waals surface area contributed by atoms with Crippen LogP contribution in [0.1, 0.15) is 11.1 Å². The van der Waals surface area contributed by atoms with Crippen LogP contribution in [-0.4, -0.2) is 31.5 Å². The predicted molar refractivity (Wildman–Crippen MR) is 81.8 cm³/mol. The van der Waals surface area contributed by atoms with E-state index in [1.54, 1.807) is 32.4 Å². The first-order chi connectivity index (χ1) is 10.6. The Bertz CT molecular complexity index is 695. The Morgan fingerprint density at radius 2 is 1.14 bits per heavy atom. The lowest BCUT2D eigenvalue weighted by molar-refractivity contribution is 0.344. The van der Waals surface area contributed by atoms with Crippen molar-refractivity contribution in [1.29, 1.82) is 0 Å². The van der Waals surface area contributed by atoms with Gasteiger partial charge in [0.05, 0.1) is 21.3 Å². The van der Waals surface area contributed by atoms with Gasteiger partial charge in [0.2, 0.25) is 5.75 Å². The number of ether oxygens (including phenoxy) is 3. The molecule has 0 bridgehead atoms. The second kappa shape index (κ2) is 6.64. The summed E-state index contributed by atoms with van der Waals surface area (Å²) in [4.78, 5) is 0. The lowest BCUT2D eigenvalue weighted by atomic mass is 10.1. The van der Waals surface area contributed by atoms with E-state index in [2.05, 4.69) is 11.8 Å². The maximum absolute atomic E-state index is 9.74. The molecule has 0 amide bonds. The van der Waals surface area contributed by atoms with Gasteiger partial charge in [-0.1, -0.05) is 11.8 Å². The molecule has 0 aliphatic rings. The first-order valence-corrected chi connectivity index (χ1v) is 6.42. The minimum Gasteiger partial charge on any atom is -0.504 e. The highest BCUT2D eigenvalue weighted by molar-refractivity contribution is 5.57. The third kappa shape index (κ3) is 3.36. The van der Waals surface area contributed by atoms with Gasteiger partial charge in [-0.05, 0) is 24.3 Å². The van der Waals surface area contributed by atoms with Crippen molar-refractivity contribution in [2.24, 2.45) is 0 Å². The molecule has 5 nitrogen and oxygen atoms in total. The van der Waals surface area contributed by atoms with Gasteiger partial charge >= 0.3 is 0 Å². The predicted octanol–water partition coefficient (Wildman–Crippen LogP) is 2.52. The maximum Gasteiger partial charge on any atom is 0.202 e. The molecular weight excluding hydrogens is 284 g/mol. The highest BCUT2D eigenvalue weighted by atomic mass is 16.5. The summed E-state index contributed by atoms with van der Waals surface area (Å²) < 4.78 is 15.2. The summed E-state index contributed by atoms with van der Waals surface area (Å²) in [5.74, 6) is 6.73. The minimum atomic E-state index is -0.171. The summed E-state index contributed by atoms with van der Waals surface area (Å²) in [5.41, 5.74) is 1.14. The fraction of sp³-hybridized carbons (Fsp3) is 0.176. The second-order valence-corrected chi connectivity index (χ2v) is 4.40. The molecule has 2 aromatic carbocycles. The van der Waals surface area contributed by atoms with Crippen LogP contribution in [0.3, 0.4) is 0 Å². The van der Waals surface area contributed by atoms with E-state index in [9.17, 15) is 10.2 Å². The lowest BCUT2D eigenvalue weighted by Gasteiger charge is -2.06. The molecule has 0 aliphatic heterocycles. The summed E-state index contributed by atoms with van der Waals surface area (Å²) in [6.45, 7) is 0. The zero-order valence-electron chi connectivity index (χ0n) is 12.5. The first kappa shape index (κ1) is 15.4. The Hall–Kier alpha value is -3.00. The van der Waals surface area contributed by atoms with Crippen molar-refractivity contribution in [3.63, 3.8) is 0 Å². The van der Waals surface area contributed by atoms with Gasteiger partial charge in [0, 0.05) is 17.2 Å². The highest BCUT2D eigenvalue weighted by Gasteiger charge is 2.08. The zero-order chi connectivity index (χ0) is 16.1. The molecule has 0 aromatic heterocycles. The van der Waals surface area contributed by atoms with E-state index in [1.165, 1.54) is 19.2 Å². The Morgan fingerprint density at radius 3 is 1.55 bits per heavy atom. The van der Waals surface area contributed by atoms with Crippen molar-refractivity contribution >= 4 is 0 Å². The van der Waals surface area contributed by atoms with Crippen molar-refractivity contribution in [2.45, 2.75) is 0 Å². The minimum absolute atomic E-state index is 0.0219. The molecule has 0 saturated carbocycles. The number of hydrogen-bond acceptors (Lipinski definition) is 5. The van der Waals surface area contributed by atoms with E-state index in [4.69, 9.17) is 14.2 Å². The number of rotatable bonds is 3. The number of methoxy groups -OCH3 is 3. The van der Waals surface area contributed by atoms with Gasteiger partial charge in [-0.3, -0.25) is 0 Å². The average Bonchev–Trinajstić information content (AvgIpc) is 2.52. The fourth-order valence-electron chi connectivity index (χ4n) is 1.90. The molecule has 0 unspecified atom stereocenters. The fourth-order valence-corrected chi connectivity index (χ4v) is 1.90. The molecule has 0 spiro atoms. The molecule has 0 saturated heterocycles. The molecular formula is C17H16O5. The van der Waals surface area contributed by atoms with E-state index in [-0.39, 0.29) is 17.2 Å². The molecule has 0 radical (unpaired) electrons. The van der Waals surface area contributed by atoms with E-state index < -0.39 is 0 Å². The lowest BCUT2D eigenvalue weighted by Crippen LogP contribution is -1.89. The van der Waals surface area contributed by atoms with Gasteiger partial charge < -0.3 is 24.4 Å². The molecule has 2 aromatic rings. The Morgan fingerprint density at radius 1 is 0.682 bits per heavy atom. The van der Waals surface area contributed by atoms with Crippen molar-refractivity contribution in [1.82, 2.24) is 0 Å². The summed E-state index contributed by atoms with van der Waals surface area (Å²) in [7, 11) is 4.49.